The summed E-state index contributed by atoms with van der Waals surface area (Å²) in [5.74, 6) is 0.0480. The van der Waals surface area contributed by atoms with Crippen LogP contribution in [0.3, 0.4) is 0 Å². The van der Waals surface area contributed by atoms with E-state index in [1.807, 2.05) is 30.3 Å². The molecule has 1 atom stereocenters. The van der Waals surface area contributed by atoms with E-state index in [1.165, 1.54) is 0 Å². The Bertz CT molecular complexity index is 586. The van der Waals surface area contributed by atoms with E-state index >= 15 is 0 Å². The van der Waals surface area contributed by atoms with Gasteiger partial charge in [0.25, 0.3) is 0 Å². The fourth-order valence-electron chi connectivity index (χ4n) is 2.57. The van der Waals surface area contributed by atoms with Crippen LogP contribution in [0.1, 0.15) is 23.8 Å². The maximum absolute atomic E-state index is 12.0. The van der Waals surface area contributed by atoms with Gasteiger partial charge in [0.05, 0.1) is 0 Å². The van der Waals surface area contributed by atoms with Crippen LogP contribution in [0, 0.1) is 5.92 Å². The minimum Gasteiger partial charge on any atom is -0.386 e. The van der Waals surface area contributed by atoms with E-state index < -0.39 is 6.10 Å². The van der Waals surface area contributed by atoms with Gasteiger partial charge in [0.2, 0.25) is 5.91 Å². The summed E-state index contributed by atoms with van der Waals surface area (Å²) in [5.41, 5.74) is 0. The number of hydrogen-bond donors (Lipinski definition) is 2. The van der Waals surface area contributed by atoms with E-state index in [9.17, 15) is 9.90 Å². The van der Waals surface area contributed by atoms with Crippen LogP contribution in [0.5, 0.6) is 0 Å². The second-order valence-electron chi connectivity index (χ2n) is 5.33. The highest BCUT2D eigenvalue weighted by Crippen LogP contribution is 2.29. The zero-order valence-corrected chi connectivity index (χ0v) is 12.6. The lowest BCUT2D eigenvalue weighted by Crippen LogP contribution is -2.36. The van der Waals surface area contributed by atoms with Crippen molar-refractivity contribution in [2.75, 3.05) is 19.8 Å². The van der Waals surface area contributed by atoms with Crippen LogP contribution >= 0.6 is 11.3 Å². The molecule has 1 aromatic heterocycles. The molecule has 0 aliphatic carbocycles. The molecule has 5 heteroatoms. The lowest BCUT2D eigenvalue weighted by atomic mass is 9.99. The summed E-state index contributed by atoms with van der Waals surface area (Å²) in [7, 11) is 0. The third-order valence-corrected chi connectivity index (χ3v) is 5.05. The first-order valence-electron chi connectivity index (χ1n) is 7.26. The van der Waals surface area contributed by atoms with Crippen molar-refractivity contribution in [3.8, 4) is 0 Å². The maximum atomic E-state index is 12.0. The highest BCUT2D eigenvalue weighted by molar-refractivity contribution is 7.19. The third-order valence-electron chi connectivity index (χ3n) is 3.83. The van der Waals surface area contributed by atoms with E-state index in [-0.39, 0.29) is 18.4 Å². The average Bonchev–Trinajstić information content (AvgIpc) is 2.97. The van der Waals surface area contributed by atoms with E-state index in [2.05, 4.69) is 5.32 Å². The Hall–Kier alpha value is -1.43. The fourth-order valence-corrected chi connectivity index (χ4v) is 3.62. The number of benzene rings is 1. The molecule has 1 aliphatic heterocycles. The number of hydrogen-bond acceptors (Lipinski definition) is 4. The molecule has 112 valence electrons. The zero-order valence-electron chi connectivity index (χ0n) is 11.7. The second-order valence-corrected chi connectivity index (χ2v) is 6.45. The molecule has 2 N–H and O–H groups in total. The van der Waals surface area contributed by atoms with Gasteiger partial charge in [-0.05, 0) is 30.4 Å². The summed E-state index contributed by atoms with van der Waals surface area (Å²) < 4.78 is 6.41. The summed E-state index contributed by atoms with van der Waals surface area (Å²) in [6.45, 7) is 1.57. The van der Waals surface area contributed by atoms with Crippen molar-refractivity contribution in [3.05, 3.63) is 35.2 Å². The molecule has 1 saturated heterocycles. The summed E-state index contributed by atoms with van der Waals surface area (Å²) in [6, 6.07) is 10.0. The average molecular weight is 305 g/mol. The number of aliphatic hydroxyl groups is 1. The predicted molar refractivity (Wildman–Crippen MR) is 83.3 cm³/mol. The molecule has 0 spiro atoms. The van der Waals surface area contributed by atoms with Crippen LogP contribution in [0.15, 0.2) is 30.3 Å². The smallest absolute Gasteiger partial charge is 0.223 e. The third kappa shape index (κ3) is 3.43. The first kappa shape index (κ1) is 14.5. The molecule has 4 nitrogen and oxygen atoms in total. The van der Waals surface area contributed by atoms with Crippen LogP contribution in [0.4, 0.5) is 0 Å². The molecule has 2 aromatic rings. The van der Waals surface area contributed by atoms with E-state index in [0.29, 0.717) is 13.2 Å². The molecule has 0 radical (unpaired) electrons. The Kier molecular flexibility index (Phi) is 4.53. The van der Waals surface area contributed by atoms with Gasteiger partial charge in [-0.2, -0.15) is 0 Å². The summed E-state index contributed by atoms with van der Waals surface area (Å²) in [5, 5.41) is 14.2. The van der Waals surface area contributed by atoms with Crippen LogP contribution in [0.25, 0.3) is 10.1 Å². The molecule has 2 heterocycles. The maximum Gasteiger partial charge on any atom is 0.223 e. The summed E-state index contributed by atoms with van der Waals surface area (Å²) in [4.78, 5) is 12.9. The van der Waals surface area contributed by atoms with Crippen molar-refractivity contribution in [3.63, 3.8) is 0 Å². The lowest BCUT2D eigenvalue weighted by molar-refractivity contribution is -0.128. The summed E-state index contributed by atoms with van der Waals surface area (Å²) >= 11 is 1.57. The van der Waals surface area contributed by atoms with Crippen LogP contribution in [0.2, 0.25) is 0 Å². The standard InChI is InChI=1S/C16H19NO3S/c18-13(10-17-16(19)11-5-7-20-8-6-11)15-9-12-3-1-2-4-14(12)21-15/h1-4,9,11,13,18H,5-8,10H2,(H,17,19). The number of carbonyl (C=O) groups is 1. The first-order valence-corrected chi connectivity index (χ1v) is 8.07. The molecule has 1 aromatic carbocycles. The van der Waals surface area contributed by atoms with Crippen LogP contribution in [-0.4, -0.2) is 30.8 Å². The lowest BCUT2D eigenvalue weighted by Gasteiger charge is -2.21. The Labute approximate surface area is 127 Å². The zero-order chi connectivity index (χ0) is 14.7. The molecule has 1 unspecified atom stereocenters. The summed E-state index contributed by atoms with van der Waals surface area (Å²) in [6.07, 6.45) is 0.890. The van der Waals surface area contributed by atoms with Crippen molar-refractivity contribution in [2.45, 2.75) is 18.9 Å². The molecule has 0 saturated carbocycles. The van der Waals surface area contributed by atoms with Crippen molar-refractivity contribution < 1.29 is 14.6 Å². The first-order chi connectivity index (χ1) is 10.2. The monoisotopic (exact) mass is 305 g/mol. The number of rotatable bonds is 4. The van der Waals surface area contributed by atoms with Gasteiger partial charge in [-0.1, -0.05) is 18.2 Å². The van der Waals surface area contributed by atoms with Gasteiger partial charge < -0.3 is 15.2 Å². The molecular formula is C16H19NO3S. The normalized spacial score (nSPS) is 17.8. The number of ether oxygens (including phenoxy) is 1. The topological polar surface area (TPSA) is 58.6 Å². The molecule has 1 fully saturated rings. The van der Waals surface area contributed by atoms with Gasteiger partial charge in [0, 0.05) is 35.3 Å². The minimum absolute atomic E-state index is 0.0216. The number of carbonyl (C=O) groups excluding carboxylic acids is 1. The van der Waals surface area contributed by atoms with Crippen molar-refractivity contribution >= 4 is 27.3 Å². The molecule has 1 amide bonds. The van der Waals surface area contributed by atoms with Gasteiger partial charge >= 0.3 is 0 Å². The quantitative estimate of drug-likeness (QED) is 0.912. The Morgan fingerprint density at radius 1 is 1.38 bits per heavy atom. The number of thiophene rings is 1. The van der Waals surface area contributed by atoms with E-state index in [1.54, 1.807) is 11.3 Å². The molecular weight excluding hydrogens is 286 g/mol. The van der Waals surface area contributed by atoms with Gasteiger partial charge in [0.1, 0.15) is 6.10 Å². The largest absolute Gasteiger partial charge is 0.386 e. The highest BCUT2D eigenvalue weighted by atomic mass is 32.1. The van der Waals surface area contributed by atoms with Gasteiger partial charge in [0.15, 0.2) is 0 Å². The number of fused-ring (bicyclic) bond motifs is 1. The molecule has 0 bridgehead atoms. The molecule has 1 aliphatic rings. The van der Waals surface area contributed by atoms with E-state index in [0.717, 1.165) is 27.8 Å². The molecule has 3 rings (SSSR count). The highest BCUT2D eigenvalue weighted by Gasteiger charge is 2.22. The Morgan fingerprint density at radius 3 is 2.90 bits per heavy atom. The van der Waals surface area contributed by atoms with Gasteiger partial charge in [-0.15, -0.1) is 11.3 Å². The van der Waals surface area contributed by atoms with Crippen molar-refractivity contribution in [1.82, 2.24) is 5.32 Å². The van der Waals surface area contributed by atoms with Crippen LogP contribution < -0.4 is 5.32 Å². The molecule has 21 heavy (non-hydrogen) atoms. The Morgan fingerprint density at radius 2 is 2.14 bits per heavy atom. The number of aliphatic hydroxyl groups excluding tert-OH is 1. The number of nitrogens with one attached hydrogen (secondary N) is 1. The van der Waals surface area contributed by atoms with E-state index in [4.69, 9.17) is 4.74 Å². The SMILES string of the molecule is O=C(NCC(O)c1cc2ccccc2s1)C1CCOCC1. The fraction of sp³-hybridized carbons (Fsp3) is 0.438. The van der Waals surface area contributed by atoms with Crippen molar-refractivity contribution in [2.24, 2.45) is 5.92 Å². The van der Waals surface area contributed by atoms with Gasteiger partial charge in [-0.3, -0.25) is 4.79 Å². The van der Waals surface area contributed by atoms with Crippen molar-refractivity contribution in [1.29, 1.82) is 0 Å². The second kappa shape index (κ2) is 6.56. The number of amides is 1. The van der Waals surface area contributed by atoms with Gasteiger partial charge in [-0.25, -0.2) is 0 Å². The predicted octanol–water partition coefficient (Wildman–Crippen LogP) is 2.48. The minimum atomic E-state index is -0.647. The van der Waals surface area contributed by atoms with Crippen LogP contribution in [-0.2, 0) is 9.53 Å². The Balaban J connectivity index is 1.58.